The van der Waals surface area contributed by atoms with E-state index in [4.69, 9.17) is 0 Å². The van der Waals surface area contributed by atoms with Gasteiger partial charge in [0, 0.05) is 44.1 Å². The molecule has 0 unspecified atom stereocenters. The van der Waals surface area contributed by atoms with E-state index in [1.54, 1.807) is 16.9 Å². The van der Waals surface area contributed by atoms with Gasteiger partial charge in [0.2, 0.25) is 0 Å². The van der Waals surface area contributed by atoms with Gasteiger partial charge in [-0.25, -0.2) is 4.98 Å². The maximum Gasteiger partial charge on any atom is 0.274 e. The van der Waals surface area contributed by atoms with E-state index in [0.717, 1.165) is 37.0 Å². The summed E-state index contributed by atoms with van der Waals surface area (Å²) in [6, 6.07) is 6.00. The first-order valence-corrected chi connectivity index (χ1v) is 7.90. The molecule has 1 fully saturated rings. The number of aromatic nitrogens is 4. The highest BCUT2D eigenvalue weighted by molar-refractivity contribution is 5.92. The Bertz CT molecular complexity index is 849. The Hall–Kier alpha value is -2.63. The van der Waals surface area contributed by atoms with Crippen LogP contribution in [0.2, 0.25) is 0 Å². The number of fused-ring (bicyclic) bond motifs is 1. The second-order valence-electron chi connectivity index (χ2n) is 6.24. The monoisotopic (exact) mass is 309 g/mol. The molecule has 3 aromatic heterocycles. The standard InChI is InChI=1S/C17H19N5O/c1-21-6-4-15(20-21)17(23)22-7-3-12(11-22)8-13-9-14-2-5-18-16(14)19-10-13/h2,4-6,9-10,12H,3,7-8,11H2,1H3,(H,18,19)/t12-/m1/s1. The zero-order valence-corrected chi connectivity index (χ0v) is 13.1. The van der Waals surface area contributed by atoms with Crippen LogP contribution in [-0.4, -0.2) is 43.6 Å². The molecule has 6 heteroatoms. The van der Waals surface area contributed by atoms with Crippen LogP contribution in [0.3, 0.4) is 0 Å². The normalized spacial score (nSPS) is 18.0. The third-order valence-electron chi connectivity index (χ3n) is 4.49. The molecule has 0 saturated carbocycles. The molecule has 1 atom stereocenters. The molecule has 4 heterocycles. The van der Waals surface area contributed by atoms with Crippen molar-refractivity contribution in [2.75, 3.05) is 13.1 Å². The van der Waals surface area contributed by atoms with Gasteiger partial charge in [0.05, 0.1) is 0 Å². The van der Waals surface area contributed by atoms with Crippen molar-refractivity contribution in [3.63, 3.8) is 0 Å². The van der Waals surface area contributed by atoms with Gasteiger partial charge in [-0.3, -0.25) is 9.48 Å². The van der Waals surface area contributed by atoms with Gasteiger partial charge in [0.25, 0.3) is 5.91 Å². The summed E-state index contributed by atoms with van der Waals surface area (Å²) in [6.45, 7) is 1.60. The Balaban J connectivity index is 1.42. The molecule has 0 spiro atoms. The van der Waals surface area contributed by atoms with Gasteiger partial charge in [0.1, 0.15) is 11.3 Å². The van der Waals surface area contributed by atoms with Crippen LogP contribution in [0.1, 0.15) is 22.5 Å². The molecule has 0 radical (unpaired) electrons. The van der Waals surface area contributed by atoms with E-state index >= 15 is 0 Å². The molecule has 23 heavy (non-hydrogen) atoms. The van der Waals surface area contributed by atoms with Gasteiger partial charge < -0.3 is 9.88 Å². The number of H-pyrrole nitrogens is 1. The second kappa shape index (κ2) is 5.53. The highest BCUT2D eigenvalue weighted by atomic mass is 16.2. The minimum Gasteiger partial charge on any atom is -0.346 e. The minimum atomic E-state index is 0.0345. The number of aromatic amines is 1. The summed E-state index contributed by atoms with van der Waals surface area (Å²) in [6.07, 6.45) is 7.63. The third kappa shape index (κ3) is 2.72. The van der Waals surface area contributed by atoms with Crippen LogP contribution in [0.15, 0.2) is 36.8 Å². The molecule has 6 nitrogen and oxygen atoms in total. The maximum absolute atomic E-state index is 12.4. The number of carbonyl (C=O) groups excluding carboxylic acids is 1. The van der Waals surface area contributed by atoms with Crippen molar-refractivity contribution in [1.29, 1.82) is 0 Å². The fourth-order valence-corrected chi connectivity index (χ4v) is 3.31. The van der Waals surface area contributed by atoms with Crippen molar-refractivity contribution in [3.05, 3.63) is 48.0 Å². The molecule has 0 bridgehead atoms. The number of likely N-dealkylation sites (tertiary alicyclic amines) is 1. The fourth-order valence-electron chi connectivity index (χ4n) is 3.31. The minimum absolute atomic E-state index is 0.0345. The van der Waals surface area contributed by atoms with Gasteiger partial charge >= 0.3 is 0 Å². The van der Waals surface area contributed by atoms with Gasteiger partial charge in [-0.15, -0.1) is 0 Å². The van der Waals surface area contributed by atoms with Crippen molar-refractivity contribution in [1.82, 2.24) is 24.6 Å². The van der Waals surface area contributed by atoms with E-state index in [2.05, 4.69) is 21.1 Å². The van der Waals surface area contributed by atoms with E-state index in [1.807, 2.05) is 30.4 Å². The van der Waals surface area contributed by atoms with Gasteiger partial charge in [-0.05, 0) is 42.5 Å². The van der Waals surface area contributed by atoms with Gasteiger partial charge in [-0.2, -0.15) is 5.10 Å². The quantitative estimate of drug-likeness (QED) is 0.804. The summed E-state index contributed by atoms with van der Waals surface area (Å²) in [5.41, 5.74) is 2.69. The summed E-state index contributed by atoms with van der Waals surface area (Å²) < 4.78 is 1.67. The van der Waals surface area contributed by atoms with Crippen molar-refractivity contribution < 1.29 is 4.79 Å². The summed E-state index contributed by atoms with van der Waals surface area (Å²) in [5.74, 6) is 0.521. The number of carbonyl (C=O) groups is 1. The van der Waals surface area contributed by atoms with Gasteiger partial charge in [-0.1, -0.05) is 0 Å². The van der Waals surface area contributed by atoms with E-state index in [-0.39, 0.29) is 5.91 Å². The smallest absolute Gasteiger partial charge is 0.274 e. The molecule has 0 aliphatic carbocycles. The lowest BCUT2D eigenvalue weighted by Gasteiger charge is -2.15. The first-order chi connectivity index (χ1) is 11.2. The molecule has 1 saturated heterocycles. The lowest BCUT2D eigenvalue weighted by molar-refractivity contribution is 0.0780. The number of hydrogen-bond acceptors (Lipinski definition) is 3. The van der Waals surface area contributed by atoms with Crippen molar-refractivity contribution >= 4 is 16.9 Å². The predicted octanol–water partition coefficient (Wildman–Crippen LogP) is 2.00. The fraction of sp³-hybridized carbons (Fsp3) is 0.353. The number of rotatable bonds is 3. The number of aryl methyl sites for hydroxylation is 1. The van der Waals surface area contributed by atoms with E-state index < -0.39 is 0 Å². The molecule has 1 N–H and O–H groups in total. The van der Waals surface area contributed by atoms with Gasteiger partial charge in [0.15, 0.2) is 0 Å². The summed E-state index contributed by atoms with van der Waals surface area (Å²) in [5, 5.41) is 5.35. The van der Waals surface area contributed by atoms with Crippen molar-refractivity contribution in [3.8, 4) is 0 Å². The summed E-state index contributed by atoms with van der Waals surface area (Å²) in [7, 11) is 1.83. The van der Waals surface area contributed by atoms with Crippen LogP contribution in [0, 0.1) is 5.92 Å². The molecule has 1 amide bonds. The first-order valence-electron chi connectivity index (χ1n) is 7.90. The molecular formula is C17H19N5O. The number of nitrogens with zero attached hydrogens (tertiary/aromatic N) is 4. The topological polar surface area (TPSA) is 66.8 Å². The molecular weight excluding hydrogens is 290 g/mol. The van der Waals surface area contributed by atoms with Crippen LogP contribution in [-0.2, 0) is 13.5 Å². The Morgan fingerprint density at radius 2 is 2.35 bits per heavy atom. The Morgan fingerprint density at radius 1 is 1.43 bits per heavy atom. The predicted molar refractivity (Wildman–Crippen MR) is 87.0 cm³/mol. The highest BCUT2D eigenvalue weighted by Crippen LogP contribution is 2.23. The largest absolute Gasteiger partial charge is 0.346 e. The maximum atomic E-state index is 12.4. The molecule has 1 aliphatic heterocycles. The molecule has 118 valence electrons. The summed E-state index contributed by atoms with van der Waals surface area (Å²) >= 11 is 0. The first kappa shape index (κ1) is 14.0. The van der Waals surface area contributed by atoms with E-state index in [0.29, 0.717) is 11.6 Å². The molecule has 4 rings (SSSR count). The third-order valence-corrected chi connectivity index (χ3v) is 4.49. The summed E-state index contributed by atoms with van der Waals surface area (Å²) in [4.78, 5) is 21.9. The zero-order chi connectivity index (χ0) is 15.8. The lowest BCUT2D eigenvalue weighted by atomic mass is 9.99. The molecule has 1 aliphatic rings. The van der Waals surface area contributed by atoms with Crippen molar-refractivity contribution in [2.45, 2.75) is 12.8 Å². The van der Waals surface area contributed by atoms with E-state index in [9.17, 15) is 4.79 Å². The molecule has 3 aromatic rings. The Morgan fingerprint density at radius 3 is 3.17 bits per heavy atom. The van der Waals surface area contributed by atoms with Crippen LogP contribution >= 0.6 is 0 Å². The Labute approximate surface area is 134 Å². The number of nitrogens with one attached hydrogen (secondary N) is 1. The van der Waals surface area contributed by atoms with Crippen molar-refractivity contribution in [2.24, 2.45) is 13.0 Å². The number of hydrogen-bond donors (Lipinski definition) is 1. The van der Waals surface area contributed by atoms with E-state index in [1.165, 1.54) is 5.56 Å². The average Bonchev–Trinajstić information content (AvgIpc) is 3.26. The second-order valence-corrected chi connectivity index (χ2v) is 6.24. The molecule has 0 aromatic carbocycles. The van der Waals surface area contributed by atoms with Crippen LogP contribution < -0.4 is 0 Å². The Kier molecular flexibility index (Phi) is 3.37. The SMILES string of the molecule is Cn1ccc(C(=O)N2CC[C@H](Cc3cnc4[nH]ccc4c3)C2)n1. The van der Waals surface area contributed by atoms with Crippen LogP contribution in [0.4, 0.5) is 0 Å². The number of amides is 1. The lowest BCUT2D eigenvalue weighted by Crippen LogP contribution is -2.29. The highest BCUT2D eigenvalue weighted by Gasteiger charge is 2.28. The number of pyridine rings is 1. The van der Waals surface area contributed by atoms with Crippen LogP contribution in [0.25, 0.3) is 11.0 Å². The van der Waals surface area contributed by atoms with Crippen LogP contribution in [0.5, 0.6) is 0 Å². The zero-order valence-electron chi connectivity index (χ0n) is 13.1. The average molecular weight is 309 g/mol.